The standard InChI is InChI=1S/C34H52N2O9S/c1-8-11-16-36(4)34(37)35-15-12-18-43-30-22-25(23-31(33(30)44-17-9-2)46(38,39)19-10-3)27-14-13-26(45-27)24-20-28(40-5)32(42-7)29(21-24)41-6/h20-23,26-27H,8-19H2,1-7H3,(H,35,37). The number of carbonyl (C=O) groups is 1. The Kier molecular flexibility index (Phi) is 14.6. The molecule has 2 amide bonds. The Labute approximate surface area is 274 Å². The molecule has 0 bridgehead atoms. The zero-order valence-electron chi connectivity index (χ0n) is 28.5. The highest BCUT2D eigenvalue weighted by atomic mass is 32.2. The Morgan fingerprint density at radius 2 is 1.46 bits per heavy atom. The van der Waals surface area contributed by atoms with Gasteiger partial charge in [-0.1, -0.05) is 27.2 Å². The van der Waals surface area contributed by atoms with Gasteiger partial charge in [0.05, 0.1) is 52.5 Å². The van der Waals surface area contributed by atoms with Crippen LogP contribution in [-0.4, -0.2) is 79.8 Å². The van der Waals surface area contributed by atoms with Crippen LogP contribution in [0.5, 0.6) is 28.7 Å². The summed E-state index contributed by atoms with van der Waals surface area (Å²) in [5.41, 5.74) is 1.58. The number of ether oxygens (including phenoxy) is 6. The summed E-state index contributed by atoms with van der Waals surface area (Å²) in [6.07, 6.45) is 4.39. The molecule has 1 aliphatic rings. The molecule has 0 aromatic heterocycles. The van der Waals surface area contributed by atoms with E-state index in [0.29, 0.717) is 80.4 Å². The summed E-state index contributed by atoms with van der Waals surface area (Å²) in [7, 11) is 2.81. The number of amides is 2. The maximum Gasteiger partial charge on any atom is 0.317 e. The Morgan fingerprint density at radius 1 is 0.826 bits per heavy atom. The molecule has 2 aromatic rings. The van der Waals surface area contributed by atoms with E-state index in [0.717, 1.165) is 18.4 Å². The summed E-state index contributed by atoms with van der Waals surface area (Å²) in [4.78, 5) is 14.1. The fourth-order valence-corrected chi connectivity index (χ4v) is 6.86. The monoisotopic (exact) mass is 664 g/mol. The van der Waals surface area contributed by atoms with Crippen LogP contribution in [0, 0.1) is 0 Å². The average Bonchev–Trinajstić information content (AvgIpc) is 3.55. The van der Waals surface area contributed by atoms with Crippen molar-refractivity contribution in [1.29, 1.82) is 0 Å². The van der Waals surface area contributed by atoms with E-state index in [1.54, 1.807) is 39.3 Å². The van der Waals surface area contributed by atoms with E-state index < -0.39 is 9.84 Å². The van der Waals surface area contributed by atoms with Gasteiger partial charge in [-0.3, -0.25) is 0 Å². The highest BCUT2D eigenvalue weighted by Crippen LogP contribution is 2.48. The molecule has 1 heterocycles. The summed E-state index contributed by atoms with van der Waals surface area (Å²) >= 11 is 0. The first kappa shape index (κ1) is 37.1. The fraction of sp³-hybridized carbons (Fsp3) is 0.618. The van der Waals surface area contributed by atoms with Crippen molar-refractivity contribution >= 4 is 15.9 Å². The van der Waals surface area contributed by atoms with Gasteiger partial charge < -0.3 is 38.6 Å². The minimum Gasteiger partial charge on any atom is -0.493 e. The van der Waals surface area contributed by atoms with Gasteiger partial charge in [0, 0.05) is 20.1 Å². The summed E-state index contributed by atoms with van der Waals surface area (Å²) in [5.74, 6) is 2.13. The van der Waals surface area contributed by atoms with Crippen molar-refractivity contribution in [1.82, 2.24) is 10.2 Å². The number of methoxy groups -OCH3 is 3. The average molecular weight is 665 g/mol. The molecule has 1 aliphatic heterocycles. The second-order valence-electron chi connectivity index (χ2n) is 11.4. The van der Waals surface area contributed by atoms with Crippen molar-refractivity contribution in [3.8, 4) is 28.7 Å². The number of hydrogen-bond donors (Lipinski definition) is 1. The van der Waals surface area contributed by atoms with Gasteiger partial charge in [0.2, 0.25) is 5.75 Å². The molecular formula is C34H52N2O9S. The number of urea groups is 1. The SMILES string of the molecule is CCCCN(C)C(=O)NCCCOc1cc(C2CCC(c3cc(OC)c(OC)c(OC)c3)O2)cc(S(=O)(=O)CCC)c1OCCC. The molecule has 12 heteroatoms. The van der Waals surface area contributed by atoms with E-state index in [2.05, 4.69) is 12.2 Å². The Balaban J connectivity index is 1.88. The summed E-state index contributed by atoms with van der Waals surface area (Å²) < 4.78 is 62.4. The van der Waals surface area contributed by atoms with E-state index in [1.807, 2.05) is 32.0 Å². The number of rotatable bonds is 19. The predicted octanol–water partition coefficient (Wildman–Crippen LogP) is 6.49. The summed E-state index contributed by atoms with van der Waals surface area (Å²) in [5, 5.41) is 2.91. The van der Waals surface area contributed by atoms with Crippen LogP contribution in [0.4, 0.5) is 4.79 Å². The highest BCUT2D eigenvalue weighted by Gasteiger charge is 2.33. The Hall–Kier alpha value is -3.38. The van der Waals surface area contributed by atoms with E-state index in [4.69, 9.17) is 28.4 Å². The third kappa shape index (κ3) is 9.57. The number of hydrogen-bond acceptors (Lipinski definition) is 9. The molecule has 2 unspecified atom stereocenters. The first-order valence-corrected chi connectivity index (χ1v) is 17.9. The molecule has 0 spiro atoms. The van der Waals surface area contributed by atoms with Gasteiger partial charge in [0.25, 0.3) is 0 Å². The van der Waals surface area contributed by atoms with Crippen molar-refractivity contribution in [3.63, 3.8) is 0 Å². The molecule has 1 N–H and O–H groups in total. The third-order valence-corrected chi connectivity index (χ3v) is 9.72. The number of nitrogens with zero attached hydrogens (tertiary/aromatic N) is 1. The lowest BCUT2D eigenvalue weighted by atomic mass is 10.0. The normalized spacial score (nSPS) is 16.2. The zero-order valence-corrected chi connectivity index (χ0v) is 29.3. The maximum atomic E-state index is 13.5. The molecular weight excluding hydrogens is 612 g/mol. The lowest BCUT2D eigenvalue weighted by Crippen LogP contribution is -2.38. The number of sulfone groups is 1. The van der Waals surface area contributed by atoms with Gasteiger partial charge in [0.1, 0.15) is 4.90 Å². The molecule has 0 aliphatic carbocycles. The first-order chi connectivity index (χ1) is 22.1. The fourth-order valence-electron chi connectivity index (χ4n) is 5.34. The lowest BCUT2D eigenvalue weighted by Gasteiger charge is -2.21. The summed E-state index contributed by atoms with van der Waals surface area (Å²) in [6, 6.07) is 7.13. The van der Waals surface area contributed by atoms with Crippen molar-refractivity contribution in [2.45, 2.75) is 82.8 Å². The van der Waals surface area contributed by atoms with E-state index in [1.165, 1.54) is 0 Å². The molecule has 0 saturated carbocycles. The van der Waals surface area contributed by atoms with Crippen LogP contribution >= 0.6 is 0 Å². The van der Waals surface area contributed by atoms with Crippen LogP contribution < -0.4 is 29.0 Å². The van der Waals surface area contributed by atoms with E-state index in [9.17, 15) is 13.2 Å². The zero-order chi connectivity index (χ0) is 33.7. The van der Waals surface area contributed by atoms with Crippen LogP contribution in [0.25, 0.3) is 0 Å². The van der Waals surface area contributed by atoms with Gasteiger partial charge in [-0.05, 0) is 73.9 Å². The molecule has 2 aromatic carbocycles. The number of unbranched alkanes of at least 4 members (excludes halogenated alkanes) is 1. The molecule has 11 nitrogen and oxygen atoms in total. The first-order valence-electron chi connectivity index (χ1n) is 16.2. The quantitative estimate of drug-likeness (QED) is 0.168. The van der Waals surface area contributed by atoms with Crippen molar-refractivity contribution in [2.24, 2.45) is 0 Å². The van der Waals surface area contributed by atoms with Gasteiger partial charge in [-0.25, -0.2) is 13.2 Å². The smallest absolute Gasteiger partial charge is 0.317 e. The van der Waals surface area contributed by atoms with E-state index in [-0.39, 0.29) is 41.2 Å². The van der Waals surface area contributed by atoms with Crippen LogP contribution in [0.3, 0.4) is 0 Å². The van der Waals surface area contributed by atoms with Crippen molar-refractivity contribution in [3.05, 3.63) is 35.4 Å². The third-order valence-electron chi connectivity index (χ3n) is 7.80. The Bertz CT molecular complexity index is 1360. The van der Waals surface area contributed by atoms with Gasteiger partial charge >= 0.3 is 6.03 Å². The van der Waals surface area contributed by atoms with Gasteiger partial charge in [-0.2, -0.15) is 0 Å². The van der Waals surface area contributed by atoms with Crippen LogP contribution in [-0.2, 0) is 14.6 Å². The molecule has 3 rings (SSSR count). The van der Waals surface area contributed by atoms with Gasteiger partial charge in [0.15, 0.2) is 32.8 Å². The lowest BCUT2D eigenvalue weighted by molar-refractivity contribution is 0.0434. The molecule has 1 saturated heterocycles. The van der Waals surface area contributed by atoms with Crippen LogP contribution in [0.15, 0.2) is 29.2 Å². The topological polar surface area (TPSA) is 122 Å². The second-order valence-corrected chi connectivity index (χ2v) is 13.4. The van der Waals surface area contributed by atoms with E-state index >= 15 is 0 Å². The molecule has 1 fully saturated rings. The van der Waals surface area contributed by atoms with Crippen molar-refractivity contribution in [2.75, 3.05) is 60.4 Å². The molecule has 2 atom stereocenters. The van der Waals surface area contributed by atoms with Crippen LogP contribution in [0.1, 0.15) is 89.1 Å². The van der Waals surface area contributed by atoms with Crippen molar-refractivity contribution < 1.29 is 41.6 Å². The highest BCUT2D eigenvalue weighted by molar-refractivity contribution is 7.91. The molecule has 46 heavy (non-hydrogen) atoms. The Morgan fingerprint density at radius 3 is 2.02 bits per heavy atom. The number of benzene rings is 2. The summed E-state index contributed by atoms with van der Waals surface area (Å²) in [6.45, 7) is 7.60. The number of carbonyl (C=O) groups excluding carboxylic acids is 1. The largest absolute Gasteiger partial charge is 0.493 e. The van der Waals surface area contributed by atoms with Crippen LogP contribution in [0.2, 0.25) is 0 Å². The predicted molar refractivity (Wildman–Crippen MR) is 178 cm³/mol. The molecule has 258 valence electrons. The second kappa shape index (κ2) is 18.1. The minimum atomic E-state index is -3.67. The number of nitrogens with one attached hydrogen (secondary N) is 1. The minimum absolute atomic E-state index is 0.0183. The maximum absolute atomic E-state index is 13.5. The van der Waals surface area contributed by atoms with Gasteiger partial charge in [-0.15, -0.1) is 0 Å². The molecule has 0 radical (unpaired) electrons.